The van der Waals surface area contributed by atoms with Crippen molar-refractivity contribution in [1.29, 1.82) is 0 Å². The number of imide groups is 1. The first-order valence-electron chi connectivity index (χ1n) is 9.55. The van der Waals surface area contributed by atoms with Gasteiger partial charge in [0.25, 0.3) is 5.91 Å². The summed E-state index contributed by atoms with van der Waals surface area (Å²) < 4.78 is 5.19. The molecule has 1 aromatic rings. The number of hydrogen-bond donors (Lipinski definition) is 1. The maximum atomic E-state index is 13.4. The molecule has 3 aliphatic heterocycles. The van der Waals surface area contributed by atoms with Gasteiger partial charge in [-0.25, -0.2) is 9.69 Å². The summed E-state index contributed by atoms with van der Waals surface area (Å²) in [4.78, 5) is 31.4. The van der Waals surface area contributed by atoms with Crippen LogP contribution in [-0.2, 0) is 16.1 Å². The number of fused-ring (bicyclic) bond motifs is 3. The van der Waals surface area contributed by atoms with E-state index in [0.29, 0.717) is 24.7 Å². The van der Waals surface area contributed by atoms with Crippen LogP contribution in [0.2, 0.25) is 5.02 Å². The van der Waals surface area contributed by atoms with Gasteiger partial charge in [0.1, 0.15) is 12.2 Å². The van der Waals surface area contributed by atoms with E-state index in [9.17, 15) is 9.59 Å². The average molecular weight is 421 g/mol. The molecule has 3 heterocycles. The molecule has 3 unspecified atom stereocenters. The van der Waals surface area contributed by atoms with Crippen LogP contribution in [0, 0.1) is 0 Å². The number of hydrazone groups is 1. The predicted molar refractivity (Wildman–Crippen MR) is 108 cm³/mol. The third kappa shape index (κ3) is 3.59. The quantitative estimate of drug-likeness (QED) is 0.764. The van der Waals surface area contributed by atoms with E-state index < -0.39 is 12.2 Å². The molecule has 156 valence electrons. The number of nitrogens with zero attached hydrogens (tertiary/aromatic N) is 5. The molecule has 0 saturated carbocycles. The molecule has 29 heavy (non-hydrogen) atoms. The number of hydrogen-bond acceptors (Lipinski definition) is 7. The molecule has 0 radical (unpaired) electrons. The number of ether oxygens (including phenoxy) is 1. The van der Waals surface area contributed by atoms with Gasteiger partial charge < -0.3 is 9.64 Å². The van der Waals surface area contributed by atoms with Gasteiger partial charge in [0, 0.05) is 31.4 Å². The number of halogens is 1. The first-order valence-corrected chi connectivity index (χ1v) is 9.92. The molecule has 3 atom stereocenters. The fourth-order valence-corrected chi connectivity index (χ4v) is 4.38. The molecule has 0 bridgehead atoms. The molecule has 2 fully saturated rings. The lowest BCUT2D eigenvalue weighted by atomic mass is 10.1. The second-order valence-corrected chi connectivity index (χ2v) is 7.98. The van der Waals surface area contributed by atoms with E-state index in [1.807, 2.05) is 24.1 Å². The van der Waals surface area contributed by atoms with Gasteiger partial charge in [-0.2, -0.15) is 5.10 Å². The third-order valence-corrected chi connectivity index (χ3v) is 5.74. The Morgan fingerprint density at radius 2 is 2.14 bits per heavy atom. The summed E-state index contributed by atoms with van der Waals surface area (Å²) in [6.45, 7) is 3.78. The maximum Gasteiger partial charge on any atom is 0.328 e. The number of urea groups is 1. The van der Waals surface area contributed by atoms with Gasteiger partial charge in [-0.3, -0.25) is 20.0 Å². The maximum absolute atomic E-state index is 13.4. The zero-order valence-electron chi connectivity index (χ0n) is 16.7. The van der Waals surface area contributed by atoms with Crippen molar-refractivity contribution in [1.82, 2.24) is 25.0 Å². The highest BCUT2D eigenvalue weighted by Gasteiger charge is 2.56. The molecule has 0 aliphatic carbocycles. The van der Waals surface area contributed by atoms with Gasteiger partial charge in [-0.05, 0) is 24.6 Å². The molecule has 2 saturated heterocycles. The third-order valence-electron chi connectivity index (χ3n) is 5.51. The van der Waals surface area contributed by atoms with Crippen molar-refractivity contribution in [3.63, 3.8) is 0 Å². The summed E-state index contributed by atoms with van der Waals surface area (Å²) in [6, 6.07) is 6.39. The van der Waals surface area contributed by atoms with Crippen molar-refractivity contribution >= 4 is 29.3 Å². The molecule has 0 aromatic heterocycles. The Balaban J connectivity index is 1.60. The van der Waals surface area contributed by atoms with Gasteiger partial charge in [0.05, 0.1) is 19.7 Å². The molecule has 9 nitrogen and oxygen atoms in total. The molecule has 0 spiro atoms. The summed E-state index contributed by atoms with van der Waals surface area (Å²) >= 11 is 6.07. The average Bonchev–Trinajstić information content (AvgIpc) is 3.07. The van der Waals surface area contributed by atoms with Gasteiger partial charge in [0.15, 0.2) is 6.29 Å². The molecule has 3 aliphatic rings. The molecule has 4 rings (SSSR count). The molecule has 3 amide bonds. The standard InChI is InChI=1S/C19H25ClN6O3/c1-12-10-24-15-16(21-18(24)26(22-12)7-8-29-3)23(2)19(28)25(17(15)27)11-13-5-4-6-14(20)9-13/h4-6,9,15-16,18,21H,7-8,10-11H2,1-3H3. The lowest BCUT2D eigenvalue weighted by molar-refractivity contribution is -0.139. The van der Waals surface area contributed by atoms with Crippen LogP contribution in [0.25, 0.3) is 0 Å². The van der Waals surface area contributed by atoms with Crippen LogP contribution in [0.15, 0.2) is 29.4 Å². The van der Waals surface area contributed by atoms with Crippen LogP contribution >= 0.6 is 11.6 Å². The SMILES string of the molecule is COCCN1N=C(C)CN2C3C(=O)N(Cc4cccc(Cl)c4)C(=O)N(C)C3NC12. The fourth-order valence-electron chi connectivity index (χ4n) is 4.17. The van der Waals surface area contributed by atoms with E-state index in [1.165, 1.54) is 4.90 Å². The number of carbonyl (C=O) groups excluding carboxylic acids is 2. The molecular weight excluding hydrogens is 396 g/mol. The van der Waals surface area contributed by atoms with Crippen LogP contribution in [0.1, 0.15) is 12.5 Å². The summed E-state index contributed by atoms with van der Waals surface area (Å²) in [5.74, 6) is -0.213. The summed E-state index contributed by atoms with van der Waals surface area (Å²) in [7, 11) is 3.36. The van der Waals surface area contributed by atoms with E-state index in [2.05, 4.69) is 15.3 Å². The van der Waals surface area contributed by atoms with E-state index >= 15 is 0 Å². The summed E-state index contributed by atoms with van der Waals surface area (Å²) in [5.41, 5.74) is 1.72. The Labute approximate surface area is 174 Å². The van der Waals surface area contributed by atoms with Gasteiger partial charge in [-0.15, -0.1) is 0 Å². The zero-order valence-corrected chi connectivity index (χ0v) is 17.5. The van der Waals surface area contributed by atoms with E-state index in [0.717, 1.165) is 11.3 Å². The smallest absolute Gasteiger partial charge is 0.328 e. The van der Waals surface area contributed by atoms with Crippen LogP contribution in [0.4, 0.5) is 4.79 Å². The van der Waals surface area contributed by atoms with Crippen LogP contribution in [0.5, 0.6) is 0 Å². The lowest BCUT2D eigenvalue weighted by Gasteiger charge is -2.42. The van der Waals surface area contributed by atoms with Crippen molar-refractivity contribution in [2.24, 2.45) is 5.10 Å². The highest BCUT2D eigenvalue weighted by Crippen LogP contribution is 2.31. The van der Waals surface area contributed by atoms with Gasteiger partial charge in [0.2, 0.25) is 0 Å². The lowest BCUT2D eigenvalue weighted by Crippen LogP contribution is -2.66. The van der Waals surface area contributed by atoms with Crippen molar-refractivity contribution in [3.05, 3.63) is 34.9 Å². The van der Waals surface area contributed by atoms with Crippen LogP contribution in [0.3, 0.4) is 0 Å². The second kappa shape index (κ2) is 7.91. The highest BCUT2D eigenvalue weighted by atomic mass is 35.5. The molecule has 1 aromatic carbocycles. The highest BCUT2D eigenvalue weighted by molar-refractivity contribution is 6.30. The topological polar surface area (TPSA) is 80.7 Å². The van der Waals surface area contributed by atoms with Crippen molar-refractivity contribution in [2.45, 2.75) is 32.0 Å². The fraction of sp³-hybridized carbons (Fsp3) is 0.526. The minimum absolute atomic E-state index is 0.185. The summed E-state index contributed by atoms with van der Waals surface area (Å²) in [6.07, 6.45) is -0.684. The first-order chi connectivity index (χ1) is 13.9. The molecule has 10 heteroatoms. The number of amides is 3. The normalized spacial score (nSPS) is 27.2. The largest absolute Gasteiger partial charge is 0.383 e. The van der Waals surface area contributed by atoms with E-state index in [1.54, 1.807) is 31.2 Å². The van der Waals surface area contributed by atoms with E-state index in [-0.39, 0.29) is 24.8 Å². The molecular formula is C19H25ClN6O3. The number of rotatable bonds is 5. The monoisotopic (exact) mass is 420 g/mol. The zero-order chi connectivity index (χ0) is 20.7. The van der Waals surface area contributed by atoms with Crippen LogP contribution < -0.4 is 5.32 Å². The number of benzene rings is 1. The molecule has 1 N–H and O–H groups in total. The van der Waals surface area contributed by atoms with Crippen molar-refractivity contribution < 1.29 is 14.3 Å². The second-order valence-electron chi connectivity index (χ2n) is 7.54. The Morgan fingerprint density at radius 1 is 1.34 bits per heavy atom. The van der Waals surface area contributed by atoms with Crippen LogP contribution in [-0.4, -0.2) is 89.7 Å². The number of likely N-dealkylation sites (N-methyl/N-ethyl adjacent to an activating group) is 1. The Bertz CT molecular complexity index is 849. The minimum atomic E-state index is -0.489. The van der Waals surface area contributed by atoms with Crippen molar-refractivity contribution in [3.8, 4) is 0 Å². The van der Waals surface area contributed by atoms with Crippen molar-refractivity contribution in [2.75, 3.05) is 33.9 Å². The van der Waals surface area contributed by atoms with E-state index in [4.69, 9.17) is 16.3 Å². The minimum Gasteiger partial charge on any atom is -0.383 e. The number of nitrogens with one attached hydrogen (secondary N) is 1. The Hall–Kier alpha value is -2.20. The number of methoxy groups -OCH3 is 1. The van der Waals surface area contributed by atoms with Gasteiger partial charge in [-0.1, -0.05) is 23.7 Å². The predicted octanol–water partition coefficient (Wildman–Crippen LogP) is 0.955. The summed E-state index contributed by atoms with van der Waals surface area (Å²) in [5, 5.41) is 10.5. The first kappa shape index (κ1) is 20.1. The Morgan fingerprint density at radius 3 is 2.86 bits per heavy atom. The number of carbonyl (C=O) groups is 2. The van der Waals surface area contributed by atoms with Gasteiger partial charge >= 0.3 is 6.03 Å². The Kier molecular flexibility index (Phi) is 5.48.